The van der Waals surface area contributed by atoms with Crippen molar-refractivity contribution in [2.45, 2.75) is 65.7 Å². The number of hydrogen-bond donors (Lipinski definition) is 0. The molecule has 7 aromatic carbocycles. The van der Waals surface area contributed by atoms with E-state index >= 15 is 0 Å². The molecule has 0 aliphatic heterocycles. The first-order valence-corrected chi connectivity index (χ1v) is 23.4. The molecule has 0 fully saturated rings. The van der Waals surface area contributed by atoms with Crippen molar-refractivity contribution < 1.29 is 9.47 Å². The van der Waals surface area contributed by atoms with Gasteiger partial charge in [0, 0.05) is 33.6 Å². The zero-order chi connectivity index (χ0) is 45.2. The maximum Gasteiger partial charge on any atom is 0.127 e. The fraction of sp³-hybridized carbons (Fsp3) is 0.226. The van der Waals surface area contributed by atoms with Gasteiger partial charge < -0.3 is 14.4 Å². The normalized spacial score (nSPS) is 13.4. The van der Waals surface area contributed by atoms with E-state index in [9.17, 15) is 0 Å². The Morgan fingerprint density at radius 1 is 0.477 bits per heavy atom. The summed E-state index contributed by atoms with van der Waals surface area (Å²) in [6.45, 7) is 12.3. The van der Waals surface area contributed by atoms with Crippen molar-refractivity contribution in [2.24, 2.45) is 11.8 Å². The second-order valence-corrected chi connectivity index (χ2v) is 18.4. The van der Waals surface area contributed by atoms with Crippen molar-refractivity contribution in [3.05, 3.63) is 208 Å². The first kappa shape index (κ1) is 44.8. The van der Waals surface area contributed by atoms with Crippen LogP contribution in [0.2, 0.25) is 0 Å². The lowest BCUT2D eigenvalue weighted by molar-refractivity contribution is 0.275. The Balaban J connectivity index is 1.08. The molecule has 3 heteroatoms. The SMILES string of the molecule is COc1cc(/C=C/c2ccccc2)c(OCCC(C)CCCC(C)C)cc1/C=C/c1ccc(N(c2ccc(/C=C/c3ccccc3)cc2)c2ccc3c(c2)C(C)(C)c2ccccc2-3)cc1. The number of rotatable bonds is 18. The van der Waals surface area contributed by atoms with Crippen LogP contribution >= 0.6 is 0 Å². The van der Waals surface area contributed by atoms with Gasteiger partial charge >= 0.3 is 0 Å². The number of ether oxygens (including phenoxy) is 2. The van der Waals surface area contributed by atoms with Gasteiger partial charge in [-0.25, -0.2) is 0 Å². The maximum atomic E-state index is 6.59. The summed E-state index contributed by atoms with van der Waals surface area (Å²) in [6.07, 6.45) is 17.7. The standard InChI is InChI=1S/C62H63NO2/c1-45(2)16-15-17-46(3)40-41-65-61-43-51(60(64-6)42-52(61)33-26-48-20-11-8-12-21-48)32-27-50-30-36-54(37-31-50)63(53-34-28-49(29-35-53)25-24-47-18-9-7-10-19-47)55-38-39-57-56-22-13-14-23-58(56)62(4,5)59(57)44-55/h7-14,18-39,42-46H,15-17,40-41H2,1-6H3/b25-24+,32-27+,33-26+. The summed E-state index contributed by atoms with van der Waals surface area (Å²) in [7, 11) is 1.74. The molecule has 7 aromatic rings. The van der Waals surface area contributed by atoms with Gasteiger partial charge in [0.15, 0.2) is 0 Å². The minimum Gasteiger partial charge on any atom is -0.496 e. The van der Waals surface area contributed by atoms with Crippen LogP contribution in [0, 0.1) is 11.8 Å². The summed E-state index contributed by atoms with van der Waals surface area (Å²) in [5.41, 5.74) is 15.1. The Labute approximate surface area is 388 Å². The molecular formula is C62H63NO2. The molecule has 0 saturated carbocycles. The second kappa shape index (κ2) is 20.8. The summed E-state index contributed by atoms with van der Waals surface area (Å²) < 4.78 is 12.6. The minimum atomic E-state index is -0.109. The second-order valence-electron chi connectivity index (χ2n) is 18.4. The molecule has 1 atom stereocenters. The molecule has 0 heterocycles. The smallest absolute Gasteiger partial charge is 0.127 e. The van der Waals surface area contributed by atoms with E-state index in [4.69, 9.17) is 9.47 Å². The molecule has 3 nitrogen and oxygen atoms in total. The highest BCUT2D eigenvalue weighted by Crippen LogP contribution is 2.50. The predicted octanol–water partition coefficient (Wildman–Crippen LogP) is 17.2. The molecule has 0 amide bonds. The van der Waals surface area contributed by atoms with Crippen LogP contribution in [-0.4, -0.2) is 13.7 Å². The summed E-state index contributed by atoms with van der Waals surface area (Å²) in [4.78, 5) is 2.37. The zero-order valence-electron chi connectivity index (χ0n) is 39.0. The van der Waals surface area contributed by atoms with Gasteiger partial charge in [0.05, 0.1) is 13.7 Å². The van der Waals surface area contributed by atoms with Crippen LogP contribution in [0.15, 0.2) is 164 Å². The van der Waals surface area contributed by atoms with Gasteiger partial charge in [-0.3, -0.25) is 0 Å². The molecule has 8 rings (SSSR count). The molecule has 0 N–H and O–H groups in total. The Morgan fingerprint density at radius 3 is 1.55 bits per heavy atom. The van der Waals surface area contributed by atoms with Crippen molar-refractivity contribution in [2.75, 3.05) is 18.6 Å². The number of fused-ring (bicyclic) bond motifs is 3. The Hall–Kier alpha value is -6.84. The Bertz CT molecular complexity index is 2740. The van der Waals surface area contributed by atoms with Crippen molar-refractivity contribution in [1.29, 1.82) is 0 Å². The van der Waals surface area contributed by atoms with E-state index in [2.05, 4.69) is 228 Å². The van der Waals surface area contributed by atoms with Crippen LogP contribution in [0.25, 0.3) is 47.6 Å². The van der Waals surface area contributed by atoms with Crippen LogP contribution in [0.4, 0.5) is 17.1 Å². The number of anilines is 3. The van der Waals surface area contributed by atoms with E-state index < -0.39 is 0 Å². The summed E-state index contributed by atoms with van der Waals surface area (Å²) >= 11 is 0. The number of benzene rings is 7. The fourth-order valence-corrected chi connectivity index (χ4v) is 8.98. The first-order valence-electron chi connectivity index (χ1n) is 23.4. The highest BCUT2D eigenvalue weighted by Gasteiger charge is 2.35. The third kappa shape index (κ3) is 10.9. The average molecular weight is 854 g/mol. The Kier molecular flexibility index (Phi) is 14.3. The van der Waals surface area contributed by atoms with Gasteiger partial charge in [0.2, 0.25) is 0 Å². The van der Waals surface area contributed by atoms with Crippen molar-refractivity contribution >= 4 is 53.5 Å². The van der Waals surface area contributed by atoms with Gasteiger partial charge in [-0.05, 0) is 111 Å². The molecular weight excluding hydrogens is 791 g/mol. The lowest BCUT2D eigenvalue weighted by Crippen LogP contribution is -2.16. The monoisotopic (exact) mass is 853 g/mol. The predicted molar refractivity (Wildman–Crippen MR) is 279 cm³/mol. The van der Waals surface area contributed by atoms with Gasteiger partial charge in [0.25, 0.3) is 0 Å². The van der Waals surface area contributed by atoms with Crippen LogP contribution < -0.4 is 14.4 Å². The fourth-order valence-electron chi connectivity index (χ4n) is 8.98. The van der Waals surface area contributed by atoms with E-state index in [0.717, 1.165) is 68.7 Å². The van der Waals surface area contributed by atoms with Crippen LogP contribution in [0.1, 0.15) is 105 Å². The van der Waals surface area contributed by atoms with E-state index in [-0.39, 0.29) is 5.41 Å². The maximum absolute atomic E-state index is 6.59. The molecule has 328 valence electrons. The largest absolute Gasteiger partial charge is 0.496 e. The molecule has 0 spiro atoms. The highest BCUT2D eigenvalue weighted by molar-refractivity contribution is 5.86. The van der Waals surface area contributed by atoms with Gasteiger partial charge in [-0.2, -0.15) is 0 Å². The Morgan fingerprint density at radius 2 is 0.969 bits per heavy atom. The van der Waals surface area contributed by atoms with E-state index in [1.807, 2.05) is 12.1 Å². The lowest BCUT2D eigenvalue weighted by Gasteiger charge is -2.28. The third-order valence-electron chi connectivity index (χ3n) is 12.8. The quantitative estimate of drug-likeness (QED) is 0.0803. The zero-order valence-corrected chi connectivity index (χ0v) is 39.0. The van der Waals surface area contributed by atoms with Gasteiger partial charge in [-0.1, -0.05) is 206 Å². The molecule has 1 unspecified atom stereocenters. The summed E-state index contributed by atoms with van der Waals surface area (Å²) in [5.74, 6) is 3.02. The minimum absolute atomic E-state index is 0.109. The number of hydrogen-bond acceptors (Lipinski definition) is 3. The highest BCUT2D eigenvalue weighted by atomic mass is 16.5. The molecule has 65 heavy (non-hydrogen) atoms. The van der Waals surface area contributed by atoms with Crippen molar-refractivity contribution in [1.82, 2.24) is 0 Å². The van der Waals surface area contributed by atoms with Crippen molar-refractivity contribution in [3.63, 3.8) is 0 Å². The summed E-state index contributed by atoms with van der Waals surface area (Å²) in [5, 5.41) is 0. The molecule has 0 saturated heterocycles. The molecule has 0 bridgehead atoms. The van der Waals surface area contributed by atoms with E-state index in [1.54, 1.807) is 7.11 Å². The molecule has 0 radical (unpaired) electrons. The van der Waals surface area contributed by atoms with Gasteiger partial charge in [-0.15, -0.1) is 0 Å². The van der Waals surface area contributed by atoms with Crippen LogP contribution in [-0.2, 0) is 5.41 Å². The molecule has 0 aromatic heterocycles. The number of methoxy groups -OCH3 is 1. The number of nitrogens with zero attached hydrogens (tertiary/aromatic N) is 1. The molecule has 1 aliphatic rings. The topological polar surface area (TPSA) is 21.7 Å². The first-order chi connectivity index (χ1) is 31.7. The average Bonchev–Trinajstić information content (AvgIpc) is 3.56. The van der Waals surface area contributed by atoms with Crippen LogP contribution in [0.3, 0.4) is 0 Å². The molecule has 1 aliphatic carbocycles. The summed E-state index contributed by atoms with van der Waals surface area (Å²) in [6, 6.07) is 58.6. The van der Waals surface area contributed by atoms with E-state index in [0.29, 0.717) is 12.5 Å². The lowest BCUT2D eigenvalue weighted by atomic mass is 9.82. The third-order valence-corrected chi connectivity index (χ3v) is 12.8. The van der Waals surface area contributed by atoms with Crippen molar-refractivity contribution in [3.8, 4) is 22.6 Å². The van der Waals surface area contributed by atoms with Crippen LogP contribution in [0.5, 0.6) is 11.5 Å². The van der Waals surface area contributed by atoms with Gasteiger partial charge in [0.1, 0.15) is 11.5 Å². The van der Waals surface area contributed by atoms with E-state index in [1.165, 1.54) is 47.1 Å².